The number of pyridine rings is 1. The van der Waals surface area contributed by atoms with Crippen LogP contribution in [-0.4, -0.2) is 43.6 Å². The van der Waals surface area contributed by atoms with Crippen molar-refractivity contribution < 1.29 is 14.3 Å². The largest absolute Gasteiger partial charge is 0.379 e. The van der Waals surface area contributed by atoms with Gasteiger partial charge in [-0.25, -0.2) is 0 Å². The quantitative estimate of drug-likeness (QED) is 0.856. The molecule has 1 N–H and O–H groups in total. The first-order valence-electron chi connectivity index (χ1n) is 8.39. The number of hydrogen-bond donors (Lipinski definition) is 1. The van der Waals surface area contributed by atoms with E-state index < -0.39 is 0 Å². The molecule has 1 aliphatic heterocycles. The second-order valence-electron chi connectivity index (χ2n) is 6.06. The Morgan fingerprint density at radius 3 is 2.88 bits per heavy atom. The zero-order valence-electron chi connectivity index (χ0n) is 14.8. The lowest BCUT2D eigenvalue weighted by Crippen LogP contribution is -2.42. The van der Waals surface area contributed by atoms with Crippen LogP contribution in [0.1, 0.15) is 21.5 Å². The molecule has 0 fully saturated rings. The minimum absolute atomic E-state index is 0.0273. The van der Waals surface area contributed by atoms with Gasteiger partial charge in [0, 0.05) is 44.7 Å². The minimum Gasteiger partial charge on any atom is -0.379 e. The number of para-hydroxylation sites is 1. The van der Waals surface area contributed by atoms with Crippen molar-refractivity contribution >= 4 is 23.6 Å². The van der Waals surface area contributed by atoms with E-state index in [-0.39, 0.29) is 17.9 Å². The fourth-order valence-corrected chi connectivity index (χ4v) is 3.00. The van der Waals surface area contributed by atoms with Crippen LogP contribution in [-0.2, 0) is 16.0 Å². The Morgan fingerprint density at radius 2 is 2.12 bits per heavy atom. The molecule has 2 amide bonds. The summed E-state index contributed by atoms with van der Waals surface area (Å²) in [6.45, 7) is 0.507. The van der Waals surface area contributed by atoms with Crippen molar-refractivity contribution in [1.29, 1.82) is 0 Å². The third-order valence-corrected chi connectivity index (χ3v) is 4.38. The van der Waals surface area contributed by atoms with E-state index in [1.165, 1.54) is 12.3 Å². The number of fused-ring (bicyclic) bond motifs is 1. The molecule has 3 rings (SSSR count). The molecule has 134 valence electrons. The van der Waals surface area contributed by atoms with E-state index in [9.17, 15) is 9.59 Å². The summed E-state index contributed by atoms with van der Waals surface area (Å²) in [7, 11) is 3.22. The van der Waals surface area contributed by atoms with E-state index in [1.807, 2.05) is 24.3 Å². The van der Waals surface area contributed by atoms with E-state index in [0.717, 1.165) is 17.7 Å². The van der Waals surface area contributed by atoms with E-state index in [1.54, 1.807) is 37.4 Å². The molecule has 2 heterocycles. The smallest absolute Gasteiger partial charge is 0.252 e. The molecule has 0 saturated heterocycles. The Bertz CT molecular complexity index is 848. The van der Waals surface area contributed by atoms with Crippen LogP contribution in [0.4, 0.5) is 5.69 Å². The van der Waals surface area contributed by atoms with Crippen molar-refractivity contribution in [2.75, 3.05) is 25.6 Å². The summed E-state index contributed by atoms with van der Waals surface area (Å²) in [5, 5.41) is 2.56. The Kier molecular flexibility index (Phi) is 5.43. The van der Waals surface area contributed by atoms with Crippen LogP contribution in [0, 0.1) is 0 Å². The molecule has 1 aromatic heterocycles. The topological polar surface area (TPSA) is 71.5 Å². The number of carbonyl (C=O) groups excluding carboxylic acids is 2. The molecule has 1 aliphatic rings. The van der Waals surface area contributed by atoms with Gasteiger partial charge >= 0.3 is 0 Å². The monoisotopic (exact) mass is 351 g/mol. The summed E-state index contributed by atoms with van der Waals surface area (Å²) < 4.78 is 5.47. The van der Waals surface area contributed by atoms with Crippen molar-refractivity contribution in [2.24, 2.45) is 0 Å². The summed E-state index contributed by atoms with van der Waals surface area (Å²) in [4.78, 5) is 30.2. The Labute approximate surface area is 152 Å². The number of carbonyl (C=O) groups is 2. The molecular weight excluding hydrogens is 330 g/mol. The molecule has 0 radical (unpaired) electrons. The van der Waals surface area contributed by atoms with E-state index in [0.29, 0.717) is 17.7 Å². The van der Waals surface area contributed by atoms with E-state index >= 15 is 0 Å². The number of aromatic nitrogens is 1. The first-order chi connectivity index (χ1) is 12.6. The predicted molar refractivity (Wildman–Crippen MR) is 100.0 cm³/mol. The van der Waals surface area contributed by atoms with Crippen molar-refractivity contribution in [3.05, 3.63) is 65.5 Å². The molecule has 1 aromatic carbocycles. The van der Waals surface area contributed by atoms with Gasteiger partial charge in [0.1, 0.15) is 0 Å². The van der Waals surface area contributed by atoms with Crippen LogP contribution in [0.5, 0.6) is 0 Å². The average molecular weight is 351 g/mol. The van der Waals surface area contributed by atoms with Crippen LogP contribution < -0.4 is 10.2 Å². The first-order valence-corrected chi connectivity index (χ1v) is 8.39. The van der Waals surface area contributed by atoms with Crippen molar-refractivity contribution in [2.45, 2.75) is 12.5 Å². The van der Waals surface area contributed by atoms with Gasteiger partial charge < -0.3 is 15.0 Å². The molecule has 26 heavy (non-hydrogen) atoms. The number of anilines is 1. The fourth-order valence-electron chi connectivity index (χ4n) is 3.00. The maximum absolute atomic E-state index is 12.8. The lowest BCUT2D eigenvalue weighted by Gasteiger charge is -2.33. The molecule has 6 heteroatoms. The summed E-state index contributed by atoms with van der Waals surface area (Å²) >= 11 is 0. The number of nitrogens with zero attached hydrogens (tertiary/aromatic N) is 2. The highest BCUT2D eigenvalue weighted by atomic mass is 16.5. The highest BCUT2D eigenvalue weighted by Crippen LogP contribution is 2.28. The maximum atomic E-state index is 12.8. The lowest BCUT2D eigenvalue weighted by atomic mass is 9.99. The zero-order chi connectivity index (χ0) is 18.5. The van der Waals surface area contributed by atoms with Crippen LogP contribution >= 0.6 is 0 Å². The number of methoxy groups -OCH3 is 1. The molecular formula is C20H21N3O3. The van der Waals surface area contributed by atoms with Gasteiger partial charge in [-0.3, -0.25) is 14.6 Å². The van der Waals surface area contributed by atoms with E-state index in [2.05, 4.69) is 10.3 Å². The Hall–Kier alpha value is -2.99. The predicted octanol–water partition coefficient (Wildman–Crippen LogP) is 2.06. The third kappa shape index (κ3) is 3.81. The number of ether oxygens (including phenoxy) is 1. The second-order valence-corrected chi connectivity index (χ2v) is 6.06. The number of rotatable bonds is 4. The number of amides is 2. The molecule has 1 unspecified atom stereocenters. The van der Waals surface area contributed by atoms with Gasteiger partial charge in [0.2, 0.25) is 0 Å². The van der Waals surface area contributed by atoms with Crippen molar-refractivity contribution in [3.63, 3.8) is 0 Å². The fraction of sp³-hybridized carbons (Fsp3) is 0.250. The summed E-state index contributed by atoms with van der Waals surface area (Å²) in [5.41, 5.74) is 3.14. The number of benzene rings is 1. The first kappa shape index (κ1) is 17.8. The number of nitrogens with one attached hydrogen (secondary N) is 1. The van der Waals surface area contributed by atoms with Gasteiger partial charge in [-0.05, 0) is 29.3 Å². The minimum atomic E-state index is -0.216. The molecule has 0 saturated carbocycles. The SMILES string of the molecule is CNC(=O)c1cncc(/C=C/C(=O)N2CC(OC)Cc3ccccc32)c1. The summed E-state index contributed by atoms with van der Waals surface area (Å²) in [5.74, 6) is -0.350. The Balaban J connectivity index is 1.81. The Morgan fingerprint density at radius 1 is 1.31 bits per heavy atom. The zero-order valence-corrected chi connectivity index (χ0v) is 14.8. The van der Waals surface area contributed by atoms with Gasteiger partial charge in [-0.1, -0.05) is 18.2 Å². The van der Waals surface area contributed by atoms with E-state index in [4.69, 9.17) is 4.74 Å². The molecule has 0 spiro atoms. The summed E-state index contributed by atoms with van der Waals surface area (Å²) in [6, 6.07) is 9.54. The van der Waals surface area contributed by atoms with Gasteiger partial charge in [0.25, 0.3) is 11.8 Å². The van der Waals surface area contributed by atoms with Crippen molar-refractivity contribution in [3.8, 4) is 0 Å². The van der Waals surface area contributed by atoms with Crippen LogP contribution in [0.2, 0.25) is 0 Å². The standard InChI is InChI=1S/C20H21N3O3/c1-21-20(25)16-9-14(11-22-12-16)7-8-19(24)23-13-17(26-2)10-15-5-3-4-6-18(15)23/h3-9,11-12,17H,10,13H2,1-2H3,(H,21,25)/b8-7+. The summed E-state index contributed by atoms with van der Waals surface area (Å²) in [6.07, 6.45) is 7.03. The van der Waals surface area contributed by atoms with Crippen LogP contribution in [0.15, 0.2) is 48.8 Å². The van der Waals surface area contributed by atoms with Crippen LogP contribution in [0.3, 0.4) is 0 Å². The maximum Gasteiger partial charge on any atom is 0.252 e. The molecule has 1 atom stereocenters. The normalized spacial score (nSPS) is 16.4. The lowest BCUT2D eigenvalue weighted by molar-refractivity contribution is -0.114. The molecule has 0 bridgehead atoms. The molecule has 2 aromatic rings. The van der Waals surface area contributed by atoms with Gasteiger partial charge in [-0.15, -0.1) is 0 Å². The second kappa shape index (κ2) is 7.93. The van der Waals surface area contributed by atoms with Crippen molar-refractivity contribution in [1.82, 2.24) is 10.3 Å². The van der Waals surface area contributed by atoms with Gasteiger partial charge in [0.15, 0.2) is 0 Å². The molecule has 6 nitrogen and oxygen atoms in total. The van der Waals surface area contributed by atoms with Gasteiger partial charge in [-0.2, -0.15) is 0 Å². The average Bonchev–Trinajstić information content (AvgIpc) is 2.70. The third-order valence-electron chi connectivity index (χ3n) is 4.38. The number of hydrogen-bond acceptors (Lipinski definition) is 4. The highest BCUT2D eigenvalue weighted by molar-refractivity contribution is 6.04. The molecule has 0 aliphatic carbocycles. The van der Waals surface area contributed by atoms with Gasteiger partial charge in [0.05, 0.1) is 18.2 Å². The highest BCUT2D eigenvalue weighted by Gasteiger charge is 2.27. The van der Waals surface area contributed by atoms with Crippen LogP contribution in [0.25, 0.3) is 6.08 Å².